The second-order valence-corrected chi connectivity index (χ2v) is 9.51. The van der Waals surface area contributed by atoms with Crippen molar-refractivity contribution in [3.05, 3.63) is 22.4 Å². The van der Waals surface area contributed by atoms with Gasteiger partial charge in [0.15, 0.2) is 0 Å². The van der Waals surface area contributed by atoms with Gasteiger partial charge in [-0.25, -0.2) is 12.7 Å². The lowest BCUT2D eigenvalue weighted by Gasteiger charge is -2.36. The van der Waals surface area contributed by atoms with Crippen LogP contribution in [0.3, 0.4) is 0 Å². The van der Waals surface area contributed by atoms with Gasteiger partial charge in [0, 0.05) is 37.0 Å². The van der Waals surface area contributed by atoms with Crippen LogP contribution in [0.1, 0.15) is 36.5 Å². The number of hydrogen-bond donors (Lipinski definition) is 0. The summed E-state index contributed by atoms with van der Waals surface area (Å²) in [5.41, 5.74) is 0. The normalized spacial score (nSPS) is 22.4. The molecule has 2 aliphatic rings. The molecule has 0 saturated carbocycles. The molecule has 7 heteroatoms. The van der Waals surface area contributed by atoms with Crippen LogP contribution in [0.25, 0.3) is 0 Å². The Labute approximate surface area is 142 Å². The number of nitrogens with zero attached hydrogens (tertiary/aromatic N) is 2. The van der Waals surface area contributed by atoms with E-state index in [4.69, 9.17) is 0 Å². The van der Waals surface area contributed by atoms with Crippen LogP contribution >= 0.6 is 11.3 Å². The topological polar surface area (TPSA) is 57.7 Å². The predicted molar refractivity (Wildman–Crippen MR) is 92.0 cm³/mol. The van der Waals surface area contributed by atoms with E-state index in [-0.39, 0.29) is 11.8 Å². The Morgan fingerprint density at radius 2 is 1.78 bits per heavy atom. The quantitative estimate of drug-likeness (QED) is 0.834. The smallest absolute Gasteiger partial charge is 0.225 e. The summed E-state index contributed by atoms with van der Waals surface area (Å²) in [6.07, 6.45) is 4.61. The number of carbonyl (C=O) groups excluding carboxylic acids is 1. The van der Waals surface area contributed by atoms with E-state index in [1.807, 2.05) is 4.90 Å². The van der Waals surface area contributed by atoms with Crippen molar-refractivity contribution in [2.45, 2.75) is 31.6 Å². The van der Waals surface area contributed by atoms with Crippen LogP contribution in [-0.2, 0) is 14.8 Å². The highest BCUT2D eigenvalue weighted by molar-refractivity contribution is 7.88. The summed E-state index contributed by atoms with van der Waals surface area (Å²) >= 11 is 1.80. The zero-order chi connectivity index (χ0) is 16.4. The summed E-state index contributed by atoms with van der Waals surface area (Å²) in [6.45, 7) is 2.60. The van der Waals surface area contributed by atoms with Crippen LogP contribution in [-0.4, -0.2) is 56.0 Å². The van der Waals surface area contributed by atoms with Gasteiger partial charge in [-0.2, -0.15) is 0 Å². The predicted octanol–water partition coefficient (Wildman–Crippen LogP) is 2.13. The molecule has 0 bridgehead atoms. The summed E-state index contributed by atoms with van der Waals surface area (Å²) in [4.78, 5) is 16.1. The molecule has 1 amide bonds. The highest BCUT2D eigenvalue weighted by Crippen LogP contribution is 2.32. The molecule has 0 unspecified atom stereocenters. The molecule has 0 aromatic carbocycles. The number of likely N-dealkylation sites (tertiary alicyclic amines) is 1. The summed E-state index contributed by atoms with van der Waals surface area (Å²) in [6, 6.07) is 4.28. The van der Waals surface area contributed by atoms with E-state index in [1.165, 1.54) is 15.4 Å². The van der Waals surface area contributed by atoms with E-state index in [1.54, 1.807) is 11.3 Å². The van der Waals surface area contributed by atoms with E-state index in [2.05, 4.69) is 17.5 Å². The SMILES string of the molecule is CS(=O)(=O)N1CCC(C(=O)N2CCC(c3cccs3)CC2)CC1. The van der Waals surface area contributed by atoms with Gasteiger partial charge in [-0.15, -0.1) is 11.3 Å². The number of thiophene rings is 1. The molecule has 0 radical (unpaired) electrons. The van der Waals surface area contributed by atoms with Crippen molar-refractivity contribution in [3.8, 4) is 0 Å². The molecular weight excluding hydrogens is 332 g/mol. The summed E-state index contributed by atoms with van der Waals surface area (Å²) < 4.78 is 24.6. The van der Waals surface area contributed by atoms with Gasteiger partial charge in [-0.05, 0) is 43.0 Å². The molecular formula is C16H24N2O3S2. The third kappa shape index (κ3) is 3.95. The molecule has 5 nitrogen and oxygen atoms in total. The van der Waals surface area contributed by atoms with Crippen LogP contribution in [0.5, 0.6) is 0 Å². The van der Waals surface area contributed by atoms with Gasteiger partial charge in [0.05, 0.1) is 6.26 Å². The van der Waals surface area contributed by atoms with Crippen LogP contribution in [0.15, 0.2) is 17.5 Å². The molecule has 2 fully saturated rings. The molecule has 1 aromatic rings. The second kappa shape index (κ2) is 6.91. The average molecular weight is 357 g/mol. The standard InChI is InChI=1S/C16H24N2O3S2/c1-23(20,21)18-10-6-14(7-11-18)16(19)17-8-4-13(5-9-17)15-3-2-12-22-15/h2-3,12-14H,4-11H2,1H3. The Balaban J connectivity index is 1.50. The van der Waals surface area contributed by atoms with E-state index in [0.29, 0.717) is 31.8 Å². The maximum Gasteiger partial charge on any atom is 0.225 e. The Kier molecular flexibility index (Phi) is 5.08. The first-order valence-electron chi connectivity index (χ1n) is 8.22. The van der Waals surface area contributed by atoms with Gasteiger partial charge in [-0.1, -0.05) is 6.07 Å². The summed E-state index contributed by atoms with van der Waals surface area (Å²) in [7, 11) is -3.12. The minimum Gasteiger partial charge on any atom is -0.342 e. The first kappa shape index (κ1) is 16.9. The fourth-order valence-electron chi connectivity index (χ4n) is 3.60. The molecule has 0 atom stereocenters. The third-order valence-corrected chi connectivity index (χ3v) is 7.36. The summed E-state index contributed by atoms with van der Waals surface area (Å²) in [5, 5.41) is 2.11. The monoisotopic (exact) mass is 356 g/mol. The first-order valence-corrected chi connectivity index (χ1v) is 11.0. The van der Waals surface area contributed by atoms with Gasteiger partial charge in [0.1, 0.15) is 0 Å². The Morgan fingerprint density at radius 3 is 2.30 bits per heavy atom. The Morgan fingerprint density at radius 1 is 1.13 bits per heavy atom. The molecule has 2 aliphatic heterocycles. The van der Waals surface area contributed by atoms with Crippen LogP contribution in [0.2, 0.25) is 0 Å². The molecule has 3 heterocycles. The van der Waals surface area contributed by atoms with Crippen molar-refractivity contribution in [2.75, 3.05) is 32.4 Å². The van der Waals surface area contributed by atoms with Gasteiger partial charge < -0.3 is 4.90 Å². The number of hydrogen-bond acceptors (Lipinski definition) is 4. The zero-order valence-corrected chi connectivity index (χ0v) is 15.1. The van der Waals surface area contributed by atoms with Gasteiger partial charge in [-0.3, -0.25) is 4.79 Å². The van der Waals surface area contributed by atoms with Crippen LogP contribution in [0, 0.1) is 5.92 Å². The Hall–Kier alpha value is -0.920. The lowest BCUT2D eigenvalue weighted by Crippen LogP contribution is -2.46. The molecule has 2 saturated heterocycles. The molecule has 0 spiro atoms. The molecule has 128 valence electrons. The lowest BCUT2D eigenvalue weighted by molar-refractivity contribution is -0.137. The lowest BCUT2D eigenvalue weighted by atomic mass is 9.92. The molecule has 0 aliphatic carbocycles. The minimum atomic E-state index is -3.12. The fourth-order valence-corrected chi connectivity index (χ4v) is 5.37. The highest BCUT2D eigenvalue weighted by Gasteiger charge is 2.33. The van der Waals surface area contributed by atoms with Gasteiger partial charge in [0.25, 0.3) is 0 Å². The van der Waals surface area contributed by atoms with Gasteiger partial charge >= 0.3 is 0 Å². The number of rotatable bonds is 3. The third-order valence-electron chi connectivity index (χ3n) is 5.02. The number of piperidine rings is 2. The molecule has 1 aromatic heterocycles. The van der Waals surface area contributed by atoms with E-state index in [9.17, 15) is 13.2 Å². The van der Waals surface area contributed by atoms with Crippen molar-refractivity contribution in [1.82, 2.24) is 9.21 Å². The van der Waals surface area contributed by atoms with Crippen molar-refractivity contribution in [3.63, 3.8) is 0 Å². The number of carbonyl (C=O) groups is 1. The van der Waals surface area contributed by atoms with Crippen molar-refractivity contribution < 1.29 is 13.2 Å². The van der Waals surface area contributed by atoms with Crippen LogP contribution in [0.4, 0.5) is 0 Å². The number of amides is 1. The molecule has 3 rings (SSSR count). The summed E-state index contributed by atoms with van der Waals surface area (Å²) in [5.74, 6) is 0.806. The highest BCUT2D eigenvalue weighted by atomic mass is 32.2. The van der Waals surface area contributed by atoms with Crippen molar-refractivity contribution in [2.24, 2.45) is 5.92 Å². The maximum absolute atomic E-state index is 12.7. The van der Waals surface area contributed by atoms with Crippen molar-refractivity contribution >= 4 is 27.3 Å². The van der Waals surface area contributed by atoms with E-state index >= 15 is 0 Å². The zero-order valence-electron chi connectivity index (χ0n) is 13.5. The second-order valence-electron chi connectivity index (χ2n) is 6.55. The van der Waals surface area contributed by atoms with E-state index < -0.39 is 10.0 Å². The first-order chi connectivity index (χ1) is 10.9. The Bertz CT molecular complexity index is 626. The average Bonchev–Trinajstić information content (AvgIpc) is 3.08. The molecule has 23 heavy (non-hydrogen) atoms. The fraction of sp³-hybridized carbons (Fsp3) is 0.688. The van der Waals surface area contributed by atoms with Crippen LogP contribution < -0.4 is 0 Å². The maximum atomic E-state index is 12.7. The van der Waals surface area contributed by atoms with Crippen molar-refractivity contribution in [1.29, 1.82) is 0 Å². The molecule has 0 N–H and O–H groups in total. The van der Waals surface area contributed by atoms with E-state index in [0.717, 1.165) is 25.9 Å². The largest absolute Gasteiger partial charge is 0.342 e. The minimum absolute atomic E-state index is 0.00807. The number of sulfonamides is 1. The van der Waals surface area contributed by atoms with Gasteiger partial charge in [0.2, 0.25) is 15.9 Å².